The van der Waals surface area contributed by atoms with Gasteiger partial charge in [0.25, 0.3) is 0 Å². The van der Waals surface area contributed by atoms with Crippen LogP contribution < -0.4 is 5.73 Å². The molecule has 1 aromatic rings. The van der Waals surface area contributed by atoms with Gasteiger partial charge in [-0.25, -0.2) is 0 Å². The number of rotatable bonds is 0. The second-order valence-corrected chi connectivity index (χ2v) is 2.73. The van der Waals surface area contributed by atoms with Gasteiger partial charge in [-0.1, -0.05) is 18.2 Å². The first-order valence-corrected chi connectivity index (χ1v) is 3.72. The summed E-state index contributed by atoms with van der Waals surface area (Å²) in [6.45, 7) is 0.633. The SMILES string of the molecule is N[C@@H]1Cc2[c]cccc2CO1. The lowest BCUT2D eigenvalue weighted by molar-refractivity contribution is 0.0329. The molecule has 2 N–H and O–H groups in total. The normalized spacial score (nSPS) is 22.8. The fraction of sp³-hybridized carbons (Fsp3) is 0.333. The van der Waals surface area contributed by atoms with Crippen molar-refractivity contribution >= 4 is 0 Å². The standard InChI is InChI=1S/C9H10NO/c10-9-5-7-3-1-2-4-8(7)6-11-9/h1-2,4,9H,5-6,10H2/t9-/m0/s1. The molecule has 57 valence electrons. The maximum Gasteiger partial charge on any atom is 0.110 e. The molecule has 0 bridgehead atoms. The minimum absolute atomic E-state index is 0.138. The van der Waals surface area contributed by atoms with Crippen molar-refractivity contribution in [1.29, 1.82) is 0 Å². The smallest absolute Gasteiger partial charge is 0.110 e. The lowest BCUT2D eigenvalue weighted by atomic mass is 10.0. The molecule has 1 aromatic carbocycles. The van der Waals surface area contributed by atoms with Gasteiger partial charge in [-0.2, -0.15) is 0 Å². The molecule has 0 saturated heterocycles. The Morgan fingerprint density at radius 3 is 3.45 bits per heavy atom. The minimum atomic E-state index is -0.138. The van der Waals surface area contributed by atoms with Gasteiger partial charge in [0.1, 0.15) is 6.23 Å². The number of fused-ring (bicyclic) bond motifs is 1. The van der Waals surface area contributed by atoms with Crippen molar-refractivity contribution in [3.05, 3.63) is 35.4 Å². The van der Waals surface area contributed by atoms with E-state index in [9.17, 15) is 0 Å². The average Bonchev–Trinajstić information content (AvgIpc) is 2.04. The highest BCUT2D eigenvalue weighted by atomic mass is 16.5. The fourth-order valence-electron chi connectivity index (χ4n) is 1.29. The fourth-order valence-corrected chi connectivity index (χ4v) is 1.29. The van der Waals surface area contributed by atoms with Crippen LogP contribution in [0.25, 0.3) is 0 Å². The van der Waals surface area contributed by atoms with Crippen molar-refractivity contribution < 1.29 is 4.74 Å². The second-order valence-electron chi connectivity index (χ2n) is 2.73. The van der Waals surface area contributed by atoms with Crippen LogP contribution in [0.3, 0.4) is 0 Å². The van der Waals surface area contributed by atoms with Gasteiger partial charge >= 0.3 is 0 Å². The summed E-state index contributed by atoms with van der Waals surface area (Å²) in [6, 6.07) is 9.10. The van der Waals surface area contributed by atoms with Gasteiger partial charge in [-0.05, 0) is 17.2 Å². The van der Waals surface area contributed by atoms with Gasteiger partial charge in [0, 0.05) is 6.42 Å². The van der Waals surface area contributed by atoms with E-state index < -0.39 is 0 Å². The van der Waals surface area contributed by atoms with E-state index in [1.54, 1.807) is 0 Å². The number of ether oxygens (including phenoxy) is 1. The molecule has 2 rings (SSSR count). The van der Waals surface area contributed by atoms with Crippen molar-refractivity contribution in [2.75, 3.05) is 0 Å². The van der Waals surface area contributed by atoms with E-state index >= 15 is 0 Å². The van der Waals surface area contributed by atoms with Crippen molar-refractivity contribution in [3.8, 4) is 0 Å². The van der Waals surface area contributed by atoms with Gasteiger partial charge in [0.05, 0.1) is 6.61 Å². The summed E-state index contributed by atoms with van der Waals surface area (Å²) in [4.78, 5) is 0. The Labute approximate surface area is 66.0 Å². The van der Waals surface area contributed by atoms with Gasteiger partial charge in [0.2, 0.25) is 0 Å². The van der Waals surface area contributed by atoms with E-state index in [1.807, 2.05) is 12.1 Å². The third-order valence-corrected chi connectivity index (χ3v) is 1.90. The lowest BCUT2D eigenvalue weighted by Crippen LogP contribution is -2.30. The van der Waals surface area contributed by atoms with Crippen LogP contribution in [0.4, 0.5) is 0 Å². The molecular weight excluding hydrogens is 138 g/mol. The van der Waals surface area contributed by atoms with Crippen molar-refractivity contribution in [2.24, 2.45) is 5.73 Å². The van der Waals surface area contributed by atoms with Crippen LogP contribution >= 0.6 is 0 Å². The molecule has 1 aliphatic heterocycles. The molecule has 0 spiro atoms. The van der Waals surface area contributed by atoms with Crippen LogP contribution in [0, 0.1) is 6.07 Å². The zero-order valence-corrected chi connectivity index (χ0v) is 6.21. The van der Waals surface area contributed by atoms with Gasteiger partial charge in [0.15, 0.2) is 0 Å². The molecule has 0 fully saturated rings. The molecule has 1 heterocycles. The third-order valence-electron chi connectivity index (χ3n) is 1.90. The molecule has 0 saturated carbocycles. The zero-order chi connectivity index (χ0) is 7.68. The molecule has 2 nitrogen and oxygen atoms in total. The largest absolute Gasteiger partial charge is 0.359 e. The van der Waals surface area contributed by atoms with Crippen molar-refractivity contribution in [3.63, 3.8) is 0 Å². The Morgan fingerprint density at radius 2 is 2.55 bits per heavy atom. The molecule has 0 unspecified atom stereocenters. The van der Waals surface area contributed by atoms with E-state index in [0.717, 1.165) is 6.42 Å². The first-order chi connectivity index (χ1) is 5.36. The summed E-state index contributed by atoms with van der Waals surface area (Å²) in [5.41, 5.74) is 8.02. The molecule has 1 radical (unpaired) electrons. The predicted octanol–water partition coefficient (Wildman–Crippen LogP) is 0.844. The van der Waals surface area contributed by atoms with Crippen LogP contribution in [-0.2, 0) is 17.8 Å². The summed E-state index contributed by atoms with van der Waals surface area (Å²) in [5, 5.41) is 0. The van der Waals surface area contributed by atoms with Crippen LogP contribution in [0.2, 0.25) is 0 Å². The van der Waals surface area contributed by atoms with Gasteiger partial charge < -0.3 is 10.5 Å². The Hall–Kier alpha value is -0.860. The first-order valence-electron chi connectivity index (χ1n) is 3.72. The Kier molecular flexibility index (Phi) is 1.64. The molecule has 0 amide bonds. The quantitative estimate of drug-likeness (QED) is 0.591. The Balaban J connectivity index is 2.34. The number of benzene rings is 1. The van der Waals surface area contributed by atoms with Crippen LogP contribution in [0.15, 0.2) is 18.2 Å². The Bertz CT molecular complexity index is 259. The minimum Gasteiger partial charge on any atom is -0.359 e. The number of hydrogen-bond donors (Lipinski definition) is 1. The summed E-state index contributed by atoms with van der Waals surface area (Å²) in [7, 11) is 0. The maximum absolute atomic E-state index is 5.61. The highest BCUT2D eigenvalue weighted by Gasteiger charge is 2.14. The topological polar surface area (TPSA) is 35.2 Å². The lowest BCUT2D eigenvalue weighted by Gasteiger charge is -2.21. The van der Waals surface area contributed by atoms with Crippen molar-refractivity contribution in [1.82, 2.24) is 0 Å². The highest BCUT2D eigenvalue weighted by Crippen LogP contribution is 2.16. The molecule has 1 atom stereocenters. The second kappa shape index (κ2) is 2.64. The maximum atomic E-state index is 5.61. The molecule has 1 aliphatic rings. The number of hydrogen-bond acceptors (Lipinski definition) is 2. The van der Waals surface area contributed by atoms with Gasteiger partial charge in [-0.3, -0.25) is 0 Å². The van der Waals surface area contributed by atoms with E-state index in [-0.39, 0.29) is 6.23 Å². The summed E-state index contributed by atoms with van der Waals surface area (Å²) in [6.07, 6.45) is 0.650. The van der Waals surface area contributed by atoms with E-state index in [1.165, 1.54) is 11.1 Å². The summed E-state index contributed by atoms with van der Waals surface area (Å²) >= 11 is 0. The molecular formula is C9H10NO. The Morgan fingerprint density at radius 1 is 1.64 bits per heavy atom. The average molecular weight is 148 g/mol. The number of nitrogens with two attached hydrogens (primary N) is 1. The monoisotopic (exact) mass is 148 g/mol. The zero-order valence-electron chi connectivity index (χ0n) is 6.21. The van der Waals surface area contributed by atoms with Crippen LogP contribution in [0.1, 0.15) is 11.1 Å². The summed E-state index contributed by atoms with van der Waals surface area (Å²) in [5.74, 6) is 0. The van der Waals surface area contributed by atoms with E-state index in [0.29, 0.717) is 6.61 Å². The molecule has 0 aliphatic carbocycles. The van der Waals surface area contributed by atoms with Crippen LogP contribution in [0.5, 0.6) is 0 Å². The third kappa shape index (κ3) is 1.27. The molecule has 2 heteroatoms. The van der Waals surface area contributed by atoms with E-state index in [2.05, 4.69) is 12.1 Å². The van der Waals surface area contributed by atoms with Crippen LogP contribution in [-0.4, -0.2) is 6.23 Å². The highest BCUT2D eigenvalue weighted by molar-refractivity contribution is 5.27. The summed E-state index contributed by atoms with van der Waals surface area (Å²) < 4.78 is 5.26. The predicted molar refractivity (Wildman–Crippen MR) is 41.7 cm³/mol. The van der Waals surface area contributed by atoms with Crippen molar-refractivity contribution in [2.45, 2.75) is 19.3 Å². The molecule has 11 heavy (non-hydrogen) atoms. The van der Waals surface area contributed by atoms with E-state index in [4.69, 9.17) is 10.5 Å². The van der Waals surface area contributed by atoms with Gasteiger partial charge in [-0.15, -0.1) is 0 Å². The molecule has 0 aromatic heterocycles. The first kappa shape index (κ1) is 6.83.